The Bertz CT molecular complexity index is 1280. The largest absolute Gasteiger partial charge is 0.390 e. The highest BCUT2D eigenvalue weighted by molar-refractivity contribution is 7.88. The fourth-order valence-electron chi connectivity index (χ4n) is 5.48. The number of aliphatic hydroxyl groups excluding tert-OH is 1. The number of aromatic nitrogens is 2. The van der Waals surface area contributed by atoms with E-state index in [0.29, 0.717) is 30.7 Å². The highest BCUT2D eigenvalue weighted by Gasteiger charge is 2.32. The second kappa shape index (κ2) is 10.8. The summed E-state index contributed by atoms with van der Waals surface area (Å²) in [6.07, 6.45) is 9.06. The van der Waals surface area contributed by atoms with Gasteiger partial charge in [0, 0.05) is 54.8 Å². The number of nitrogens with one attached hydrogen (secondary N) is 2. The molecule has 3 heterocycles. The molecular weight excluding hydrogens is 474 g/mol. The lowest BCUT2D eigenvalue weighted by Gasteiger charge is -2.35. The molecule has 2 fully saturated rings. The summed E-state index contributed by atoms with van der Waals surface area (Å²) in [6, 6.07) is 14.8. The summed E-state index contributed by atoms with van der Waals surface area (Å²) >= 11 is 0. The van der Waals surface area contributed by atoms with E-state index in [1.54, 1.807) is 0 Å². The molecule has 2 aromatic heterocycles. The average molecular weight is 510 g/mol. The van der Waals surface area contributed by atoms with E-state index < -0.39 is 16.1 Å². The first-order valence-electron chi connectivity index (χ1n) is 12.8. The Labute approximate surface area is 213 Å². The Balaban J connectivity index is 1.24. The fourth-order valence-corrected chi connectivity index (χ4v) is 6.34. The maximum atomic E-state index is 11.8. The Morgan fingerprint density at radius 2 is 1.83 bits per heavy atom. The standard InChI is InChI=1S/C27H35N5O3S/c1-36(34,35)32-14-12-24(25(33)18-32)31-26-15-23-21(17-30-26)11-13-28-27(23)20-7-9-22(10-8-20)29-16-19-5-3-2-4-6-19/h2-6,11,13,15,17,20,22,24-25,29,33H,7-10,12,14,16,18H2,1H3,(H,30,31)/t20?,22?,24-,25-/m1/s1. The van der Waals surface area contributed by atoms with Gasteiger partial charge in [-0.1, -0.05) is 30.3 Å². The van der Waals surface area contributed by atoms with Crippen molar-refractivity contribution in [3.8, 4) is 0 Å². The molecule has 1 saturated heterocycles. The van der Waals surface area contributed by atoms with Gasteiger partial charge in [-0.3, -0.25) is 4.98 Å². The van der Waals surface area contributed by atoms with Crippen molar-refractivity contribution in [3.05, 3.63) is 66.1 Å². The van der Waals surface area contributed by atoms with Crippen LogP contribution in [-0.2, 0) is 16.6 Å². The summed E-state index contributed by atoms with van der Waals surface area (Å²) in [5, 5.41) is 19.8. The predicted molar refractivity (Wildman–Crippen MR) is 142 cm³/mol. The molecule has 2 aliphatic rings. The minimum atomic E-state index is -3.31. The monoisotopic (exact) mass is 509 g/mol. The molecule has 0 unspecified atom stereocenters. The fraction of sp³-hybridized carbons (Fsp3) is 0.481. The van der Waals surface area contributed by atoms with E-state index in [-0.39, 0.29) is 12.6 Å². The van der Waals surface area contributed by atoms with Gasteiger partial charge >= 0.3 is 0 Å². The van der Waals surface area contributed by atoms with Crippen LogP contribution in [-0.4, -0.2) is 65.3 Å². The molecule has 5 rings (SSSR count). The lowest BCUT2D eigenvalue weighted by Crippen LogP contribution is -2.51. The van der Waals surface area contributed by atoms with Crippen molar-refractivity contribution in [1.29, 1.82) is 0 Å². The number of hydrogen-bond acceptors (Lipinski definition) is 7. The van der Waals surface area contributed by atoms with E-state index in [0.717, 1.165) is 48.7 Å². The zero-order valence-electron chi connectivity index (χ0n) is 20.7. The van der Waals surface area contributed by atoms with Gasteiger partial charge in [-0.05, 0) is 49.8 Å². The van der Waals surface area contributed by atoms with Gasteiger partial charge in [-0.2, -0.15) is 4.31 Å². The zero-order chi connectivity index (χ0) is 25.1. The number of nitrogens with zero attached hydrogens (tertiary/aromatic N) is 3. The van der Waals surface area contributed by atoms with Gasteiger partial charge in [0.2, 0.25) is 10.0 Å². The number of benzene rings is 1. The van der Waals surface area contributed by atoms with Gasteiger partial charge in [-0.25, -0.2) is 13.4 Å². The summed E-state index contributed by atoms with van der Waals surface area (Å²) in [5.41, 5.74) is 2.43. The number of anilines is 1. The molecule has 1 aliphatic heterocycles. The third-order valence-electron chi connectivity index (χ3n) is 7.58. The minimum Gasteiger partial charge on any atom is -0.390 e. The van der Waals surface area contributed by atoms with Crippen molar-refractivity contribution in [2.45, 2.75) is 62.8 Å². The van der Waals surface area contributed by atoms with Gasteiger partial charge in [0.25, 0.3) is 0 Å². The first-order chi connectivity index (χ1) is 17.4. The molecule has 3 N–H and O–H groups in total. The molecule has 8 nitrogen and oxygen atoms in total. The van der Waals surface area contributed by atoms with E-state index in [9.17, 15) is 13.5 Å². The second-order valence-corrected chi connectivity index (χ2v) is 12.1. The summed E-state index contributed by atoms with van der Waals surface area (Å²) < 4.78 is 25.0. The number of rotatable bonds is 7. The van der Waals surface area contributed by atoms with E-state index in [1.807, 2.05) is 30.6 Å². The van der Waals surface area contributed by atoms with E-state index in [2.05, 4.69) is 39.9 Å². The molecule has 0 radical (unpaired) electrons. The third-order valence-corrected chi connectivity index (χ3v) is 8.85. The number of pyridine rings is 2. The topological polar surface area (TPSA) is 107 Å². The van der Waals surface area contributed by atoms with Crippen LogP contribution in [0.25, 0.3) is 10.8 Å². The molecule has 36 heavy (non-hydrogen) atoms. The molecular formula is C27H35N5O3S. The molecule has 2 atom stereocenters. The van der Waals surface area contributed by atoms with Crippen molar-refractivity contribution in [3.63, 3.8) is 0 Å². The molecule has 192 valence electrons. The summed E-state index contributed by atoms with van der Waals surface area (Å²) in [7, 11) is -3.31. The number of sulfonamides is 1. The number of fused-ring (bicyclic) bond motifs is 1. The van der Waals surface area contributed by atoms with E-state index in [1.165, 1.54) is 16.1 Å². The highest BCUT2D eigenvalue weighted by Crippen LogP contribution is 2.36. The van der Waals surface area contributed by atoms with Crippen LogP contribution >= 0.6 is 0 Å². The molecule has 0 bridgehead atoms. The van der Waals surface area contributed by atoms with Crippen molar-refractivity contribution in [2.75, 3.05) is 24.7 Å². The van der Waals surface area contributed by atoms with E-state index >= 15 is 0 Å². The van der Waals surface area contributed by atoms with Crippen LogP contribution in [0.1, 0.15) is 49.3 Å². The Morgan fingerprint density at radius 1 is 1.06 bits per heavy atom. The maximum Gasteiger partial charge on any atom is 0.211 e. The van der Waals surface area contributed by atoms with Crippen LogP contribution in [0, 0.1) is 0 Å². The van der Waals surface area contributed by atoms with Crippen LogP contribution in [0.4, 0.5) is 5.82 Å². The normalized spacial score (nSPS) is 25.6. The number of hydrogen-bond donors (Lipinski definition) is 3. The van der Waals surface area contributed by atoms with Crippen LogP contribution < -0.4 is 10.6 Å². The first-order valence-corrected chi connectivity index (χ1v) is 14.6. The van der Waals surface area contributed by atoms with Gasteiger partial charge in [0.05, 0.1) is 24.1 Å². The van der Waals surface area contributed by atoms with Crippen molar-refractivity contribution >= 4 is 26.6 Å². The third kappa shape index (κ3) is 5.86. The van der Waals surface area contributed by atoms with Crippen LogP contribution in [0.15, 0.2) is 54.9 Å². The van der Waals surface area contributed by atoms with Crippen molar-refractivity contribution in [1.82, 2.24) is 19.6 Å². The van der Waals surface area contributed by atoms with Crippen molar-refractivity contribution < 1.29 is 13.5 Å². The number of aliphatic hydroxyl groups is 1. The minimum absolute atomic E-state index is 0.0957. The maximum absolute atomic E-state index is 11.8. The van der Waals surface area contributed by atoms with Gasteiger partial charge in [0.1, 0.15) is 5.82 Å². The number of piperidine rings is 1. The highest BCUT2D eigenvalue weighted by atomic mass is 32.2. The quantitative estimate of drug-likeness (QED) is 0.449. The van der Waals surface area contributed by atoms with Gasteiger partial charge < -0.3 is 15.7 Å². The second-order valence-electron chi connectivity index (χ2n) is 10.1. The molecule has 9 heteroatoms. The first kappa shape index (κ1) is 25.1. The molecule has 0 spiro atoms. The Kier molecular flexibility index (Phi) is 7.52. The lowest BCUT2D eigenvalue weighted by molar-refractivity contribution is 0.0952. The summed E-state index contributed by atoms with van der Waals surface area (Å²) in [6.45, 7) is 1.38. The molecule has 1 aliphatic carbocycles. The van der Waals surface area contributed by atoms with Crippen LogP contribution in [0.3, 0.4) is 0 Å². The molecule has 1 aromatic carbocycles. The summed E-state index contributed by atoms with van der Waals surface area (Å²) in [5.74, 6) is 1.09. The van der Waals surface area contributed by atoms with Crippen LogP contribution in [0.5, 0.6) is 0 Å². The van der Waals surface area contributed by atoms with E-state index in [4.69, 9.17) is 4.98 Å². The Morgan fingerprint density at radius 3 is 2.56 bits per heavy atom. The zero-order valence-corrected chi connectivity index (χ0v) is 21.5. The lowest BCUT2D eigenvalue weighted by atomic mass is 9.82. The number of β-amino-alcohol motifs (C(OH)–C–C–N with tert-alkyl or cyclic N) is 1. The Hall–Kier alpha value is -2.59. The van der Waals surface area contributed by atoms with Gasteiger partial charge in [0.15, 0.2) is 0 Å². The molecule has 0 amide bonds. The van der Waals surface area contributed by atoms with Crippen LogP contribution in [0.2, 0.25) is 0 Å². The molecule has 3 aromatic rings. The SMILES string of the molecule is CS(=O)(=O)N1CC[C@@H](Nc2cc3c(C4CCC(NCc5ccccc5)CC4)nccc3cn2)[C@H](O)C1. The smallest absolute Gasteiger partial charge is 0.211 e. The van der Waals surface area contributed by atoms with Gasteiger partial charge in [-0.15, -0.1) is 0 Å². The van der Waals surface area contributed by atoms with Crippen molar-refractivity contribution in [2.24, 2.45) is 0 Å². The molecule has 1 saturated carbocycles. The predicted octanol–water partition coefficient (Wildman–Crippen LogP) is 3.25. The average Bonchev–Trinajstić information content (AvgIpc) is 2.88. The summed E-state index contributed by atoms with van der Waals surface area (Å²) in [4.78, 5) is 9.35.